The van der Waals surface area contributed by atoms with Crippen LogP contribution in [0.4, 0.5) is 5.69 Å². The lowest BCUT2D eigenvalue weighted by Gasteiger charge is -2.32. The fourth-order valence-electron chi connectivity index (χ4n) is 4.96. The van der Waals surface area contributed by atoms with Gasteiger partial charge >= 0.3 is 0 Å². The van der Waals surface area contributed by atoms with Gasteiger partial charge in [-0.3, -0.25) is 9.59 Å². The SMILES string of the molecule is CCCNC(=O)c1cc(C)cc(C(=O)N(CCC)CCC)c1NC1C=CCCC2C=CC=CC21. The minimum atomic E-state index is -0.132. The third-order valence-corrected chi connectivity index (χ3v) is 6.60. The number of allylic oxidation sites excluding steroid dienone is 4. The van der Waals surface area contributed by atoms with Crippen molar-refractivity contribution in [2.45, 2.75) is 65.8 Å². The van der Waals surface area contributed by atoms with Crippen molar-refractivity contribution in [3.8, 4) is 0 Å². The first-order chi connectivity index (χ1) is 16.5. The second-order valence-electron chi connectivity index (χ2n) is 9.47. The molecule has 3 atom stereocenters. The average Bonchev–Trinajstić information content (AvgIpc) is 3.05. The molecule has 1 aromatic rings. The average molecular weight is 464 g/mol. The van der Waals surface area contributed by atoms with Crippen LogP contribution in [0.15, 0.2) is 48.6 Å². The quantitative estimate of drug-likeness (QED) is 0.426. The van der Waals surface area contributed by atoms with Crippen LogP contribution in [-0.4, -0.2) is 42.4 Å². The van der Waals surface area contributed by atoms with Crippen molar-refractivity contribution < 1.29 is 9.59 Å². The van der Waals surface area contributed by atoms with Crippen molar-refractivity contribution in [3.63, 3.8) is 0 Å². The molecule has 184 valence electrons. The fraction of sp³-hybridized carbons (Fsp3) is 0.517. The van der Waals surface area contributed by atoms with Crippen molar-refractivity contribution in [1.29, 1.82) is 0 Å². The third kappa shape index (κ3) is 6.19. The normalized spacial score (nSPS) is 21.0. The minimum Gasteiger partial charge on any atom is -0.377 e. The first-order valence-electron chi connectivity index (χ1n) is 13.0. The van der Waals surface area contributed by atoms with Crippen molar-refractivity contribution in [1.82, 2.24) is 10.2 Å². The van der Waals surface area contributed by atoms with Crippen LogP contribution in [0.3, 0.4) is 0 Å². The number of carbonyl (C=O) groups excluding carboxylic acids is 2. The Balaban J connectivity index is 2.07. The van der Waals surface area contributed by atoms with Gasteiger partial charge in [0.2, 0.25) is 0 Å². The number of carbonyl (C=O) groups is 2. The van der Waals surface area contributed by atoms with Gasteiger partial charge in [-0.25, -0.2) is 0 Å². The van der Waals surface area contributed by atoms with Crippen molar-refractivity contribution in [2.24, 2.45) is 11.8 Å². The molecule has 3 rings (SSSR count). The van der Waals surface area contributed by atoms with Gasteiger partial charge in [-0.15, -0.1) is 0 Å². The Morgan fingerprint density at radius 3 is 2.38 bits per heavy atom. The zero-order chi connectivity index (χ0) is 24.5. The van der Waals surface area contributed by atoms with Gasteiger partial charge in [0, 0.05) is 25.6 Å². The molecule has 2 amide bonds. The summed E-state index contributed by atoms with van der Waals surface area (Å²) in [6.45, 7) is 10.2. The molecule has 5 nitrogen and oxygen atoms in total. The summed E-state index contributed by atoms with van der Waals surface area (Å²) in [7, 11) is 0. The molecule has 34 heavy (non-hydrogen) atoms. The van der Waals surface area contributed by atoms with E-state index >= 15 is 0 Å². The monoisotopic (exact) mass is 463 g/mol. The predicted octanol–water partition coefficient (Wildman–Crippen LogP) is 5.89. The molecule has 0 radical (unpaired) electrons. The van der Waals surface area contributed by atoms with E-state index < -0.39 is 0 Å². The van der Waals surface area contributed by atoms with Crippen LogP contribution in [0.5, 0.6) is 0 Å². The number of aryl methyl sites for hydroxylation is 1. The molecule has 0 aliphatic heterocycles. The number of fused-ring (bicyclic) bond motifs is 1. The smallest absolute Gasteiger partial charge is 0.255 e. The lowest BCUT2D eigenvalue weighted by atomic mass is 9.81. The molecule has 2 aliphatic carbocycles. The molecule has 0 fully saturated rings. The summed E-state index contributed by atoms with van der Waals surface area (Å²) in [6, 6.07) is 3.85. The first kappa shape index (κ1) is 25.8. The number of hydrogen-bond acceptors (Lipinski definition) is 3. The summed E-state index contributed by atoms with van der Waals surface area (Å²) in [5.41, 5.74) is 2.71. The molecular weight excluding hydrogens is 422 g/mol. The number of rotatable bonds is 10. The lowest BCUT2D eigenvalue weighted by molar-refractivity contribution is 0.0756. The van der Waals surface area contributed by atoms with E-state index in [1.165, 1.54) is 0 Å². The Kier molecular flexibility index (Phi) is 9.55. The van der Waals surface area contributed by atoms with Crippen LogP contribution in [0.2, 0.25) is 0 Å². The maximum absolute atomic E-state index is 13.8. The molecule has 0 bridgehead atoms. The molecule has 0 saturated carbocycles. The van der Waals surface area contributed by atoms with Gasteiger partial charge in [0.05, 0.1) is 22.9 Å². The largest absolute Gasteiger partial charge is 0.377 e. The molecule has 0 spiro atoms. The highest BCUT2D eigenvalue weighted by Crippen LogP contribution is 2.34. The van der Waals surface area contributed by atoms with E-state index in [1.807, 2.05) is 30.9 Å². The van der Waals surface area contributed by atoms with Crippen LogP contribution in [0.1, 0.15) is 79.2 Å². The topological polar surface area (TPSA) is 61.4 Å². The summed E-state index contributed by atoms with van der Waals surface area (Å²) >= 11 is 0. The van der Waals surface area contributed by atoms with E-state index in [-0.39, 0.29) is 23.8 Å². The summed E-state index contributed by atoms with van der Waals surface area (Å²) in [5, 5.41) is 6.70. The number of nitrogens with one attached hydrogen (secondary N) is 2. The van der Waals surface area contributed by atoms with Gasteiger partial charge in [0.25, 0.3) is 11.8 Å². The van der Waals surface area contributed by atoms with Gasteiger partial charge in [0.15, 0.2) is 0 Å². The van der Waals surface area contributed by atoms with Crippen LogP contribution in [0, 0.1) is 18.8 Å². The number of anilines is 1. The second-order valence-corrected chi connectivity index (χ2v) is 9.47. The molecule has 0 aromatic heterocycles. The number of hydrogen-bond donors (Lipinski definition) is 2. The van der Waals surface area contributed by atoms with E-state index in [0.717, 1.165) is 37.7 Å². The Morgan fingerprint density at radius 2 is 1.68 bits per heavy atom. The van der Waals surface area contributed by atoms with Crippen LogP contribution >= 0.6 is 0 Å². The van der Waals surface area contributed by atoms with Gasteiger partial charge in [-0.2, -0.15) is 0 Å². The third-order valence-electron chi connectivity index (χ3n) is 6.60. The van der Waals surface area contributed by atoms with Gasteiger partial charge in [-0.1, -0.05) is 57.2 Å². The second kappa shape index (κ2) is 12.6. The van der Waals surface area contributed by atoms with Crippen LogP contribution < -0.4 is 10.6 Å². The summed E-state index contributed by atoms with van der Waals surface area (Å²) < 4.78 is 0. The van der Waals surface area contributed by atoms with E-state index in [2.05, 4.69) is 60.9 Å². The maximum Gasteiger partial charge on any atom is 0.255 e. The molecule has 2 aliphatic rings. The van der Waals surface area contributed by atoms with E-state index in [9.17, 15) is 9.59 Å². The standard InChI is InChI=1S/C29H41N3O2/c1-5-16-30-28(33)24-19-21(4)20-25(29(34)32(17-6-2)18-7-3)27(24)31-26-15-11-9-13-22-12-8-10-14-23(22)26/h8,10-12,14-15,19-20,22-23,26,31H,5-7,9,13,16-18H2,1-4H3,(H,30,33). The lowest BCUT2D eigenvalue weighted by Crippen LogP contribution is -2.36. The van der Waals surface area contributed by atoms with Crippen LogP contribution in [-0.2, 0) is 0 Å². The van der Waals surface area contributed by atoms with Crippen molar-refractivity contribution in [2.75, 3.05) is 25.0 Å². The molecule has 0 saturated heterocycles. The zero-order valence-corrected chi connectivity index (χ0v) is 21.3. The molecule has 5 heteroatoms. The predicted molar refractivity (Wildman–Crippen MR) is 141 cm³/mol. The maximum atomic E-state index is 13.8. The Hall–Kier alpha value is -2.82. The molecular formula is C29H41N3O2. The van der Waals surface area contributed by atoms with Gasteiger partial charge in [0.1, 0.15) is 0 Å². The number of amides is 2. The summed E-state index contributed by atoms with van der Waals surface area (Å²) in [4.78, 5) is 29.0. The van der Waals surface area contributed by atoms with Crippen molar-refractivity contribution in [3.05, 3.63) is 65.3 Å². The zero-order valence-electron chi connectivity index (χ0n) is 21.3. The van der Waals surface area contributed by atoms with E-state index in [4.69, 9.17) is 0 Å². The Morgan fingerprint density at radius 1 is 0.971 bits per heavy atom. The molecule has 0 heterocycles. The number of nitrogens with zero attached hydrogens (tertiary/aromatic N) is 1. The van der Waals surface area contributed by atoms with Crippen molar-refractivity contribution >= 4 is 17.5 Å². The summed E-state index contributed by atoms with van der Waals surface area (Å²) in [6.07, 6.45) is 18.0. The van der Waals surface area contributed by atoms with E-state index in [1.54, 1.807) is 0 Å². The molecule has 2 N–H and O–H groups in total. The highest BCUT2D eigenvalue weighted by atomic mass is 16.2. The fourth-order valence-corrected chi connectivity index (χ4v) is 4.96. The Labute approximate surface area is 205 Å². The first-order valence-corrected chi connectivity index (χ1v) is 13.0. The van der Waals surface area contributed by atoms with Crippen LogP contribution in [0.25, 0.3) is 0 Å². The summed E-state index contributed by atoms with van der Waals surface area (Å²) in [5.74, 6) is 0.582. The highest BCUT2D eigenvalue weighted by molar-refractivity contribution is 6.08. The van der Waals surface area contributed by atoms with Gasteiger partial charge < -0.3 is 15.5 Å². The Bertz CT molecular complexity index is 941. The van der Waals surface area contributed by atoms with Gasteiger partial charge in [-0.05, 0) is 62.6 Å². The van der Waals surface area contributed by atoms with E-state index in [0.29, 0.717) is 42.4 Å². The minimum absolute atomic E-state index is 0.00600. The molecule has 3 unspecified atom stereocenters. The number of benzene rings is 1. The highest BCUT2D eigenvalue weighted by Gasteiger charge is 2.30. The molecule has 1 aromatic carbocycles.